The van der Waals surface area contributed by atoms with Crippen LogP contribution in [0.3, 0.4) is 0 Å². The number of benzene rings is 1. The zero-order chi connectivity index (χ0) is 14.8. The summed E-state index contributed by atoms with van der Waals surface area (Å²) in [6, 6.07) is 8.25. The fraction of sp³-hybridized carbons (Fsp3) is 0.647. The van der Waals surface area contributed by atoms with Gasteiger partial charge in [-0.1, -0.05) is 12.1 Å². The lowest BCUT2D eigenvalue weighted by molar-refractivity contribution is 0.107. The molecule has 1 aliphatic heterocycles. The molecule has 4 heteroatoms. The Morgan fingerprint density at radius 1 is 1.14 bits per heavy atom. The number of piperazine rings is 1. The average molecular weight is 291 g/mol. The van der Waals surface area contributed by atoms with Gasteiger partial charge in [0.1, 0.15) is 5.82 Å². The highest BCUT2D eigenvalue weighted by molar-refractivity contribution is 5.23. The highest BCUT2D eigenvalue weighted by Gasteiger charge is 2.31. The van der Waals surface area contributed by atoms with Crippen molar-refractivity contribution in [2.75, 3.05) is 40.3 Å². The number of rotatable bonds is 4. The molecule has 1 atom stereocenters. The highest BCUT2D eigenvalue weighted by atomic mass is 19.1. The summed E-state index contributed by atoms with van der Waals surface area (Å²) in [6.07, 6.45) is 2.36. The first-order valence-corrected chi connectivity index (χ1v) is 7.99. The summed E-state index contributed by atoms with van der Waals surface area (Å²) in [5, 5.41) is 3.71. The molecule has 0 spiro atoms. The molecule has 0 radical (unpaired) electrons. The van der Waals surface area contributed by atoms with E-state index in [0.29, 0.717) is 18.0 Å². The molecule has 1 aromatic carbocycles. The SMILES string of the molecule is CN1CCN(C)C(CNC2CC(c3ccc(F)cc3)C2)C1. The second-order valence-electron chi connectivity index (χ2n) is 6.72. The third kappa shape index (κ3) is 3.62. The van der Waals surface area contributed by atoms with Gasteiger partial charge in [-0.15, -0.1) is 0 Å². The summed E-state index contributed by atoms with van der Waals surface area (Å²) in [6.45, 7) is 4.55. The van der Waals surface area contributed by atoms with Crippen LogP contribution in [-0.4, -0.2) is 62.2 Å². The molecule has 3 rings (SSSR count). The zero-order valence-corrected chi connectivity index (χ0v) is 13.1. The van der Waals surface area contributed by atoms with Crippen LogP contribution in [0.1, 0.15) is 24.3 Å². The molecule has 116 valence electrons. The van der Waals surface area contributed by atoms with Gasteiger partial charge in [-0.3, -0.25) is 4.90 Å². The van der Waals surface area contributed by atoms with Gasteiger partial charge in [-0.25, -0.2) is 4.39 Å². The molecule has 1 aromatic rings. The van der Waals surface area contributed by atoms with Gasteiger partial charge in [0.2, 0.25) is 0 Å². The van der Waals surface area contributed by atoms with Gasteiger partial charge in [-0.05, 0) is 50.6 Å². The van der Waals surface area contributed by atoms with Crippen LogP contribution in [-0.2, 0) is 0 Å². The Morgan fingerprint density at radius 3 is 2.57 bits per heavy atom. The molecule has 3 nitrogen and oxygen atoms in total. The quantitative estimate of drug-likeness (QED) is 0.914. The van der Waals surface area contributed by atoms with E-state index in [2.05, 4.69) is 29.2 Å². The minimum absolute atomic E-state index is 0.141. The van der Waals surface area contributed by atoms with Crippen molar-refractivity contribution in [3.63, 3.8) is 0 Å². The third-order valence-corrected chi connectivity index (χ3v) is 5.10. The van der Waals surface area contributed by atoms with Crippen molar-refractivity contribution < 1.29 is 4.39 Å². The van der Waals surface area contributed by atoms with Gasteiger partial charge in [0, 0.05) is 38.3 Å². The Balaban J connectivity index is 1.41. The van der Waals surface area contributed by atoms with E-state index in [4.69, 9.17) is 0 Å². The van der Waals surface area contributed by atoms with E-state index >= 15 is 0 Å². The van der Waals surface area contributed by atoms with Crippen molar-refractivity contribution in [3.05, 3.63) is 35.6 Å². The van der Waals surface area contributed by atoms with Crippen molar-refractivity contribution in [1.29, 1.82) is 0 Å². The molecule has 0 amide bonds. The molecule has 21 heavy (non-hydrogen) atoms. The minimum atomic E-state index is -0.141. The number of halogens is 1. The second-order valence-corrected chi connectivity index (χ2v) is 6.72. The first-order valence-electron chi connectivity index (χ1n) is 7.99. The fourth-order valence-electron chi connectivity index (χ4n) is 3.42. The normalized spacial score (nSPS) is 31.1. The van der Waals surface area contributed by atoms with Crippen molar-refractivity contribution in [2.45, 2.75) is 30.8 Å². The smallest absolute Gasteiger partial charge is 0.123 e. The van der Waals surface area contributed by atoms with Gasteiger partial charge in [0.25, 0.3) is 0 Å². The van der Waals surface area contributed by atoms with Crippen LogP contribution in [0.2, 0.25) is 0 Å². The number of hydrogen-bond acceptors (Lipinski definition) is 3. The zero-order valence-electron chi connectivity index (χ0n) is 13.1. The molecule has 0 aromatic heterocycles. The maximum absolute atomic E-state index is 12.9. The third-order valence-electron chi connectivity index (χ3n) is 5.10. The molecule has 0 bridgehead atoms. The molecule has 1 saturated carbocycles. The van der Waals surface area contributed by atoms with Gasteiger partial charge >= 0.3 is 0 Å². The number of nitrogens with one attached hydrogen (secondary N) is 1. The fourth-order valence-corrected chi connectivity index (χ4v) is 3.42. The predicted octanol–water partition coefficient (Wildman–Crippen LogP) is 1.91. The Morgan fingerprint density at radius 2 is 1.86 bits per heavy atom. The van der Waals surface area contributed by atoms with Crippen LogP contribution >= 0.6 is 0 Å². The lowest BCUT2D eigenvalue weighted by atomic mass is 9.76. The molecular formula is C17H26FN3. The minimum Gasteiger partial charge on any atom is -0.312 e. The van der Waals surface area contributed by atoms with Gasteiger partial charge in [0.15, 0.2) is 0 Å². The Bertz CT molecular complexity index is 456. The van der Waals surface area contributed by atoms with Gasteiger partial charge in [0.05, 0.1) is 0 Å². The van der Waals surface area contributed by atoms with Crippen LogP contribution in [0.4, 0.5) is 4.39 Å². The maximum atomic E-state index is 12.9. The summed E-state index contributed by atoms with van der Waals surface area (Å²) in [5.74, 6) is 0.465. The number of nitrogens with zero attached hydrogens (tertiary/aromatic N) is 2. The summed E-state index contributed by atoms with van der Waals surface area (Å²) in [4.78, 5) is 4.87. The van der Waals surface area contributed by atoms with E-state index in [1.807, 2.05) is 12.1 Å². The van der Waals surface area contributed by atoms with E-state index in [1.54, 1.807) is 12.1 Å². The lowest BCUT2D eigenvalue weighted by Crippen LogP contribution is -2.55. The molecule has 1 saturated heterocycles. The molecule has 2 fully saturated rings. The monoisotopic (exact) mass is 291 g/mol. The first kappa shape index (κ1) is 14.9. The predicted molar refractivity (Wildman–Crippen MR) is 84.1 cm³/mol. The van der Waals surface area contributed by atoms with Crippen molar-refractivity contribution >= 4 is 0 Å². The molecule has 1 unspecified atom stereocenters. The summed E-state index contributed by atoms with van der Waals surface area (Å²) in [5.41, 5.74) is 1.28. The van der Waals surface area contributed by atoms with Crippen LogP contribution < -0.4 is 5.32 Å². The van der Waals surface area contributed by atoms with Crippen molar-refractivity contribution in [3.8, 4) is 0 Å². The van der Waals surface area contributed by atoms with Crippen LogP contribution in [0, 0.1) is 5.82 Å². The molecular weight excluding hydrogens is 265 g/mol. The second kappa shape index (κ2) is 6.42. The van der Waals surface area contributed by atoms with E-state index < -0.39 is 0 Å². The van der Waals surface area contributed by atoms with E-state index in [0.717, 1.165) is 19.6 Å². The molecule has 1 N–H and O–H groups in total. The number of hydrogen-bond donors (Lipinski definition) is 1. The topological polar surface area (TPSA) is 18.5 Å². The van der Waals surface area contributed by atoms with Crippen LogP contribution in [0.5, 0.6) is 0 Å². The van der Waals surface area contributed by atoms with Gasteiger partial charge in [-0.2, -0.15) is 0 Å². The first-order chi connectivity index (χ1) is 10.1. The van der Waals surface area contributed by atoms with Crippen molar-refractivity contribution in [2.24, 2.45) is 0 Å². The highest BCUT2D eigenvalue weighted by Crippen LogP contribution is 2.36. The Labute approximate surface area is 127 Å². The van der Waals surface area contributed by atoms with E-state index in [-0.39, 0.29) is 5.82 Å². The largest absolute Gasteiger partial charge is 0.312 e. The molecule has 1 aliphatic carbocycles. The summed E-state index contributed by atoms with van der Waals surface area (Å²) < 4.78 is 12.9. The van der Waals surface area contributed by atoms with Crippen LogP contribution in [0.25, 0.3) is 0 Å². The standard InChI is InChI=1S/C17H26FN3/c1-20-7-8-21(2)17(12-20)11-19-16-9-14(10-16)13-3-5-15(18)6-4-13/h3-6,14,16-17,19H,7-12H2,1-2H3. The Kier molecular flexibility index (Phi) is 4.57. The van der Waals surface area contributed by atoms with E-state index in [9.17, 15) is 4.39 Å². The summed E-state index contributed by atoms with van der Waals surface area (Å²) >= 11 is 0. The average Bonchev–Trinajstić information content (AvgIpc) is 2.42. The van der Waals surface area contributed by atoms with E-state index in [1.165, 1.54) is 24.9 Å². The Hall–Kier alpha value is -0.970. The maximum Gasteiger partial charge on any atom is 0.123 e. The summed E-state index contributed by atoms with van der Waals surface area (Å²) in [7, 11) is 4.43. The number of likely N-dealkylation sites (N-methyl/N-ethyl adjacent to an activating group) is 2. The van der Waals surface area contributed by atoms with Crippen LogP contribution in [0.15, 0.2) is 24.3 Å². The lowest BCUT2D eigenvalue weighted by Gasteiger charge is -2.41. The van der Waals surface area contributed by atoms with Gasteiger partial charge < -0.3 is 10.2 Å². The molecule has 1 heterocycles. The molecule has 2 aliphatic rings. The van der Waals surface area contributed by atoms with Crippen molar-refractivity contribution in [1.82, 2.24) is 15.1 Å².